The van der Waals surface area contributed by atoms with Crippen molar-refractivity contribution in [1.29, 1.82) is 0 Å². The van der Waals surface area contributed by atoms with Gasteiger partial charge in [-0.2, -0.15) is 0 Å². The second-order valence-corrected chi connectivity index (χ2v) is 8.95. The SMILES string of the molecule is Nc1ncnc2c1nc(Sc1cc3c(cc1C=O)OCO3)n2CCC1CCN(C(=O)O)CC1. The molecule has 3 aromatic rings. The van der Waals surface area contributed by atoms with Gasteiger partial charge in [0.05, 0.1) is 0 Å². The minimum absolute atomic E-state index is 0.118. The first-order valence-electron chi connectivity index (χ1n) is 10.5. The molecule has 1 fully saturated rings. The van der Waals surface area contributed by atoms with Crippen molar-refractivity contribution in [1.82, 2.24) is 24.4 Å². The van der Waals surface area contributed by atoms with Crippen LogP contribution in [0.3, 0.4) is 0 Å². The van der Waals surface area contributed by atoms with Crippen LogP contribution < -0.4 is 15.2 Å². The number of likely N-dealkylation sites (tertiary alicyclic amines) is 1. The third kappa shape index (κ3) is 4.13. The highest BCUT2D eigenvalue weighted by atomic mass is 32.2. The standard InChI is InChI=1S/C21H22N6O5S/c22-18-17-19(24-10-23-18)27(6-3-12-1-4-26(5-2-12)21(29)30)20(25-17)33-16-8-15-14(31-11-32-15)7-13(16)9-28/h7-10,12H,1-6,11H2,(H,29,30)(H2,22,23,24). The number of benzene rings is 1. The largest absolute Gasteiger partial charge is 0.465 e. The van der Waals surface area contributed by atoms with Crippen molar-refractivity contribution < 1.29 is 24.2 Å². The Bertz CT molecular complexity index is 1220. The molecule has 1 aromatic carbocycles. The highest BCUT2D eigenvalue weighted by Gasteiger charge is 2.24. The number of aryl methyl sites for hydroxylation is 1. The molecule has 0 saturated carbocycles. The fraction of sp³-hybridized carbons (Fsp3) is 0.381. The molecule has 1 saturated heterocycles. The van der Waals surface area contributed by atoms with Gasteiger partial charge in [0.2, 0.25) is 6.79 Å². The van der Waals surface area contributed by atoms with Crippen LogP contribution in [-0.4, -0.2) is 61.8 Å². The summed E-state index contributed by atoms with van der Waals surface area (Å²) in [7, 11) is 0. The average molecular weight is 471 g/mol. The number of carboxylic acid groups (broad SMARTS) is 1. The molecular formula is C21H22N6O5S. The van der Waals surface area contributed by atoms with E-state index in [1.54, 1.807) is 12.1 Å². The van der Waals surface area contributed by atoms with Crippen LogP contribution in [-0.2, 0) is 6.54 Å². The first-order chi connectivity index (χ1) is 16.0. The van der Waals surface area contributed by atoms with Crippen LogP contribution in [0, 0.1) is 5.92 Å². The van der Waals surface area contributed by atoms with Gasteiger partial charge in [-0.15, -0.1) is 0 Å². The first-order valence-corrected chi connectivity index (χ1v) is 11.4. The highest BCUT2D eigenvalue weighted by molar-refractivity contribution is 7.99. The zero-order valence-electron chi connectivity index (χ0n) is 17.6. The molecule has 2 aliphatic rings. The van der Waals surface area contributed by atoms with E-state index in [9.17, 15) is 9.59 Å². The Labute approximate surface area is 192 Å². The fourth-order valence-corrected chi connectivity index (χ4v) is 5.17. The molecule has 5 rings (SSSR count). The van der Waals surface area contributed by atoms with E-state index in [0.29, 0.717) is 63.8 Å². The molecule has 0 radical (unpaired) electrons. The van der Waals surface area contributed by atoms with Gasteiger partial charge in [0, 0.05) is 30.1 Å². The number of imidazole rings is 1. The van der Waals surface area contributed by atoms with E-state index in [4.69, 9.17) is 20.3 Å². The third-order valence-electron chi connectivity index (χ3n) is 6.00. The maximum Gasteiger partial charge on any atom is 0.407 e. The minimum Gasteiger partial charge on any atom is -0.465 e. The molecule has 2 aliphatic heterocycles. The molecule has 3 N–H and O–H groups in total. The fourth-order valence-electron chi connectivity index (χ4n) is 4.16. The van der Waals surface area contributed by atoms with Gasteiger partial charge in [-0.3, -0.25) is 4.79 Å². The molecule has 0 aliphatic carbocycles. The number of hydrogen-bond acceptors (Lipinski definition) is 9. The molecule has 172 valence electrons. The summed E-state index contributed by atoms with van der Waals surface area (Å²) < 4.78 is 12.8. The number of fused-ring (bicyclic) bond motifs is 2. The van der Waals surface area contributed by atoms with Crippen LogP contribution in [0.1, 0.15) is 29.6 Å². The zero-order valence-corrected chi connectivity index (χ0v) is 18.5. The van der Waals surface area contributed by atoms with Crippen molar-refractivity contribution in [2.45, 2.75) is 35.9 Å². The molecule has 11 nitrogen and oxygen atoms in total. The van der Waals surface area contributed by atoms with E-state index in [1.807, 2.05) is 4.57 Å². The molecule has 4 heterocycles. The summed E-state index contributed by atoms with van der Waals surface area (Å²) in [5, 5.41) is 9.81. The number of nitrogens with zero attached hydrogens (tertiary/aromatic N) is 5. The van der Waals surface area contributed by atoms with Gasteiger partial charge in [-0.1, -0.05) is 11.8 Å². The van der Waals surface area contributed by atoms with Crippen molar-refractivity contribution in [3.8, 4) is 11.5 Å². The van der Waals surface area contributed by atoms with E-state index >= 15 is 0 Å². The number of carbonyl (C=O) groups excluding carboxylic acids is 1. The number of ether oxygens (including phenoxy) is 2. The minimum atomic E-state index is -0.866. The molecule has 2 aromatic heterocycles. The first kappa shape index (κ1) is 21.3. The number of rotatable bonds is 6. The van der Waals surface area contributed by atoms with Crippen molar-refractivity contribution in [2.24, 2.45) is 5.92 Å². The normalized spacial score (nSPS) is 15.8. The van der Waals surface area contributed by atoms with Crippen LogP contribution in [0.5, 0.6) is 11.5 Å². The van der Waals surface area contributed by atoms with E-state index in [1.165, 1.54) is 23.0 Å². The number of aldehydes is 1. The van der Waals surface area contributed by atoms with Crippen molar-refractivity contribution >= 4 is 41.1 Å². The Hall–Kier alpha value is -3.54. The number of amides is 1. The van der Waals surface area contributed by atoms with Crippen LogP contribution in [0.4, 0.5) is 10.6 Å². The number of piperidine rings is 1. The smallest absolute Gasteiger partial charge is 0.407 e. The third-order valence-corrected chi connectivity index (χ3v) is 7.07. The number of aromatic nitrogens is 4. The van der Waals surface area contributed by atoms with Gasteiger partial charge in [-0.25, -0.2) is 19.7 Å². The predicted molar refractivity (Wildman–Crippen MR) is 119 cm³/mol. The lowest BCUT2D eigenvalue weighted by Crippen LogP contribution is -2.37. The average Bonchev–Trinajstić information content (AvgIpc) is 3.42. The monoisotopic (exact) mass is 470 g/mol. The number of anilines is 1. The number of carbonyl (C=O) groups is 2. The number of hydrogen-bond donors (Lipinski definition) is 2. The molecule has 1 amide bonds. The van der Waals surface area contributed by atoms with Crippen LogP contribution in [0.25, 0.3) is 11.2 Å². The van der Waals surface area contributed by atoms with E-state index < -0.39 is 6.09 Å². The molecule has 33 heavy (non-hydrogen) atoms. The lowest BCUT2D eigenvalue weighted by atomic mass is 9.94. The van der Waals surface area contributed by atoms with Crippen LogP contribution in [0.2, 0.25) is 0 Å². The Balaban J connectivity index is 1.42. The lowest BCUT2D eigenvalue weighted by molar-refractivity contribution is 0.111. The second-order valence-electron chi connectivity index (χ2n) is 7.94. The summed E-state index contributed by atoms with van der Waals surface area (Å²) in [6.45, 7) is 1.84. The van der Waals surface area contributed by atoms with Gasteiger partial charge >= 0.3 is 6.09 Å². The second kappa shape index (κ2) is 8.77. The zero-order chi connectivity index (χ0) is 22.9. The summed E-state index contributed by atoms with van der Waals surface area (Å²) in [6.07, 6.45) is 3.80. The Morgan fingerprint density at radius 1 is 1.24 bits per heavy atom. The number of nitrogen functional groups attached to an aromatic ring is 1. The summed E-state index contributed by atoms with van der Waals surface area (Å²) in [5.74, 6) is 1.80. The van der Waals surface area contributed by atoms with E-state index in [-0.39, 0.29) is 12.6 Å². The van der Waals surface area contributed by atoms with E-state index in [0.717, 1.165) is 25.5 Å². The highest BCUT2D eigenvalue weighted by Crippen LogP contribution is 2.41. The van der Waals surface area contributed by atoms with Crippen LogP contribution in [0.15, 0.2) is 28.5 Å². The summed E-state index contributed by atoms with van der Waals surface area (Å²) in [5.41, 5.74) is 7.66. The van der Waals surface area contributed by atoms with Crippen molar-refractivity contribution in [2.75, 3.05) is 25.6 Å². The molecular weight excluding hydrogens is 448 g/mol. The van der Waals surface area contributed by atoms with Gasteiger partial charge in [-0.05, 0) is 37.3 Å². The van der Waals surface area contributed by atoms with Crippen molar-refractivity contribution in [3.05, 3.63) is 24.0 Å². The Kier molecular flexibility index (Phi) is 5.67. The maximum atomic E-state index is 11.7. The Morgan fingerprint density at radius 3 is 2.73 bits per heavy atom. The summed E-state index contributed by atoms with van der Waals surface area (Å²) >= 11 is 1.33. The van der Waals surface area contributed by atoms with Crippen LogP contribution >= 0.6 is 11.8 Å². The quantitative estimate of drug-likeness (QED) is 0.516. The molecule has 0 spiro atoms. The number of nitrogens with two attached hydrogens (primary N) is 1. The lowest BCUT2D eigenvalue weighted by Gasteiger charge is -2.30. The van der Waals surface area contributed by atoms with Crippen molar-refractivity contribution in [3.63, 3.8) is 0 Å². The topological polar surface area (TPSA) is 146 Å². The molecule has 0 atom stereocenters. The molecule has 12 heteroatoms. The van der Waals surface area contributed by atoms with E-state index in [2.05, 4.69) is 15.0 Å². The van der Waals surface area contributed by atoms with Gasteiger partial charge in [0.25, 0.3) is 0 Å². The Morgan fingerprint density at radius 2 is 2.00 bits per heavy atom. The maximum absolute atomic E-state index is 11.7. The molecule has 0 bridgehead atoms. The summed E-state index contributed by atoms with van der Waals surface area (Å²) in [4.78, 5) is 38.2. The van der Waals surface area contributed by atoms with Gasteiger partial charge in [0.1, 0.15) is 6.33 Å². The predicted octanol–water partition coefficient (Wildman–Crippen LogP) is 2.88. The molecule has 0 unspecified atom stereocenters. The van der Waals surface area contributed by atoms with Gasteiger partial charge in [0.15, 0.2) is 39.9 Å². The van der Waals surface area contributed by atoms with Gasteiger partial charge < -0.3 is 29.8 Å². The summed E-state index contributed by atoms with van der Waals surface area (Å²) in [6, 6.07) is 3.44.